The number of nitrogens with zero attached hydrogens (tertiary/aromatic N) is 3. The minimum atomic E-state index is -0.564. The van der Waals surface area contributed by atoms with Crippen LogP contribution in [-0.4, -0.2) is 59.2 Å². The molecule has 0 saturated heterocycles. The third-order valence-corrected chi connectivity index (χ3v) is 4.84. The first-order valence-electron chi connectivity index (χ1n) is 9.68. The molecule has 28 heavy (non-hydrogen) atoms. The van der Waals surface area contributed by atoms with Gasteiger partial charge in [-0.3, -0.25) is 4.68 Å². The highest BCUT2D eigenvalue weighted by atomic mass is 16.5. The standard InChI is InChI=1S/C21H34N4O3/c1-15(2)24(4)13-19(26)14-28-21-10-17(7-8-20(21)27-6)11-22-12-18-9-16(3)25(5)23-18/h7-10,15,19,22,26H,11-14H2,1-6H3/t19-/m0/s1. The maximum absolute atomic E-state index is 10.2. The Morgan fingerprint density at radius 2 is 1.96 bits per heavy atom. The highest BCUT2D eigenvalue weighted by Crippen LogP contribution is 2.28. The fourth-order valence-electron chi connectivity index (χ4n) is 2.78. The summed E-state index contributed by atoms with van der Waals surface area (Å²) in [4.78, 5) is 2.09. The van der Waals surface area contributed by atoms with Crippen molar-refractivity contribution in [3.05, 3.63) is 41.2 Å². The van der Waals surface area contributed by atoms with Crippen molar-refractivity contribution in [1.29, 1.82) is 0 Å². The van der Waals surface area contributed by atoms with E-state index in [1.165, 1.54) is 0 Å². The zero-order valence-corrected chi connectivity index (χ0v) is 17.9. The van der Waals surface area contributed by atoms with Crippen LogP contribution < -0.4 is 14.8 Å². The molecule has 1 aromatic heterocycles. The Morgan fingerprint density at radius 1 is 1.21 bits per heavy atom. The van der Waals surface area contributed by atoms with Gasteiger partial charge in [-0.2, -0.15) is 5.10 Å². The van der Waals surface area contributed by atoms with E-state index in [1.54, 1.807) is 7.11 Å². The Morgan fingerprint density at radius 3 is 2.57 bits per heavy atom. The molecule has 0 aliphatic carbocycles. The molecule has 0 spiro atoms. The molecule has 0 radical (unpaired) electrons. The number of aliphatic hydroxyl groups is 1. The van der Waals surface area contributed by atoms with Crippen molar-refractivity contribution in [3.8, 4) is 11.5 Å². The lowest BCUT2D eigenvalue weighted by atomic mass is 10.2. The van der Waals surface area contributed by atoms with Crippen LogP contribution in [0.25, 0.3) is 0 Å². The summed E-state index contributed by atoms with van der Waals surface area (Å²) in [6.45, 7) is 8.40. The summed E-state index contributed by atoms with van der Waals surface area (Å²) in [7, 11) is 5.55. The monoisotopic (exact) mass is 390 g/mol. The second-order valence-electron chi connectivity index (χ2n) is 7.49. The molecule has 0 saturated carbocycles. The van der Waals surface area contributed by atoms with E-state index in [0.717, 1.165) is 17.0 Å². The van der Waals surface area contributed by atoms with Crippen LogP contribution in [0.15, 0.2) is 24.3 Å². The van der Waals surface area contributed by atoms with Gasteiger partial charge in [-0.25, -0.2) is 0 Å². The van der Waals surface area contributed by atoms with Gasteiger partial charge in [0, 0.05) is 38.4 Å². The minimum Gasteiger partial charge on any atom is -0.493 e. The first-order valence-corrected chi connectivity index (χ1v) is 9.68. The summed E-state index contributed by atoms with van der Waals surface area (Å²) < 4.78 is 13.1. The Kier molecular flexibility index (Phi) is 8.29. The summed E-state index contributed by atoms with van der Waals surface area (Å²) in [6, 6.07) is 8.30. The molecule has 1 atom stereocenters. The number of aryl methyl sites for hydroxylation is 2. The molecule has 1 aromatic carbocycles. The highest BCUT2D eigenvalue weighted by molar-refractivity contribution is 5.43. The molecule has 0 amide bonds. The predicted octanol–water partition coefficient (Wildman–Crippen LogP) is 2.11. The van der Waals surface area contributed by atoms with Crippen molar-refractivity contribution < 1.29 is 14.6 Å². The molecule has 2 rings (SSSR count). The van der Waals surface area contributed by atoms with E-state index in [-0.39, 0.29) is 6.61 Å². The van der Waals surface area contributed by atoms with Gasteiger partial charge in [-0.1, -0.05) is 6.07 Å². The SMILES string of the molecule is COc1ccc(CNCc2cc(C)n(C)n2)cc1OC[C@@H](O)CN(C)C(C)C. The molecular formula is C21H34N4O3. The van der Waals surface area contributed by atoms with Gasteiger partial charge in [0.15, 0.2) is 11.5 Å². The number of aliphatic hydroxyl groups excluding tert-OH is 1. The van der Waals surface area contributed by atoms with Gasteiger partial charge in [0.05, 0.1) is 12.8 Å². The summed E-state index contributed by atoms with van der Waals surface area (Å²) >= 11 is 0. The molecule has 7 heteroatoms. The summed E-state index contributed by atoms with van der Waals surface area (Å²) in [5.74, 6) is 1.30. The lowest BCUT2D eigenvalue weighted by Gasteiger charge is -2.24. The Hall–Kier alpha value is -2.09. The van der Waals surface area contributed by atoms with Crippen LogP contribution in [0.4, 0.5) is 0 Å². The lowest BCUT2D eigenvalue weighted by Crippen LogP contribution is -2.37. The van der Waals surface area contributed by atoms with Crippen LogP contribution in [0.1, 0.15) is 30.8 Å². The van der Waals surface area contributed by atoms with Crippen LogP contribution in [0.2, 0.25) is 0 Å². The number of hydrogen-bond acceptors (Lipinski definition) is 6. The number of methoxy groups -OCH3 is 1. The van der Waals surface area contributed by atoms with Crippen LogP contribution in [0.5, 0.6) is 11.5 Å². The number of aromatic nitrogens is 2. The quantitative estimate of drug-likeness (QED) is 0.612. The largest absolute Gasteiger partial charge is 0.493 e. The van der Waals surface area contributed by atoms with E-state index in [4.69, 9.17) is 9.47 Å². The number of rotatable bonds is 11. The average Bonchev–Trinajstić information content (AvgIpc) is 2.97. The second-order valence-corrected chi connectivity index (χ2v) is 7.49. The maximum atomic E-state index is 10.2. The number of nitrogens with one attached hydrogen (secondary N) is 1. The van der Waals surface area contributed by atoms with Gasteiger partial charge in [0.2, 0.25) is 0 Å². The van der Waals surface area contributed by atoms with Crippen LogP contribution in [0.3, 0.4) is 0 Å². The van der Waals surface area contributed by atoms with E-state index in [1.807, 2.05) is 43.9 Å². The number of likely N-dealkylation sites (N-methyl/N-ethyl adjacent to an activating group) is 1. The Bertz CT molecular complexity index is 726. The highest BCUT2D eigenvalue weighted by Gasteiger charge is 2.13. The van der Waals surface area contributed by atoms with Crippen molar-refractivity contribution >= 4 is 0 Å². The second kappa shape index (κ2) is 10.5. The average molecular weight is 391 g/mol. The number of ether oxygens (including phenoxy) is 2. The molecule has 0 unspecified atom stereocenters. The number of benzene rings is 1. The minimum absolute atomic E-state index is 0.220. The Balaban J connectivity index is 1.91. The molecule has 0 aliphatic heterocycles. The van der Waals surface area contributed by atoms with Crippen molar-refractivity contribution in [2.45, 2.75) is 46.0 Å². The zero-order valence-electron chi connectivity index (χ0n) is 17.9. The first kappa shape index (κ1) is 22.2. The molecule has 2 aromatic rings. The van der Waals surface area contributed by atoms with E-state index >= 15 is 0 Å². The Labute approximate surface area is 168 Å². The lowest BCUT2D eigenvalue weighted by molar-refractivity contribution is 0.0668. The first-order chi connectivity index (χ1) is 13.3. The smallest absolute Gasteiger partial charge is 0.161 e. The molecule has 0 aliphatic rings. The van der Waals surface area contributed by atoms with Gasteiger partial charge >= 0.3 is 0 Å². The third-order valence-electron chi connectivity index (χ3n) is 4.84. The van der Waals surface area contributed by atoms with Crippen molar-refractivity contribution in [2.24, 2.45) is 7.05 Å². The van der Waals surface area contributed by atoms with Crippen LogP contribution >= 0.6 is 0 Å². The van der Waals surface area contributed by atoms with Crippen molar-refractivity contribution in [1.82, 2.24) is 20.0 Å². The van der Waals surface area contributed by atoms with Crippen molar-refractivity contribution in [3.63, 3.8) is 0 Å². The molecule has 7 nitrogen and oxygen atoms in total. The predicted molar refractivity (Wildman–Crippen MR) is 111 cm³/mol. The third kappa shape index (κ3) is 6.51. The summed E-state index contributed by atoms with van der Waals surface area (Å²) in [5.41, 5.74) is 3.23. The van der Waals surface area contributed by atoms with Gasteiger partial charge < -0.3 is 24.8 Å². The van der Waals surface area contributed by atoms with Gasteiger partial charge in [0.25, 0.3) is 0 Å². The summed E-state index contributed by atoms with van der Waals surface area (Å²) in [6.07, 6.45) is -0.564. The van der Waals surface area contributed by atoms with E-state index in [0.29, 0.717) is 37.2 Å². The fourth-order valence-corrected chi connectivity index (χ4v) is 2.78. The van der Waals surface area contributed by atoms with E-state index in [2.05, 4.69) is 35.2 Å². The maximum Gasteiger partial charge on any atom is 0.161 e. The topological polar surface area (TPSA) is 71.8 Å². The molecule has 2 N–H and O–H groups in total. The molecule has 156 valence electrons. The van der Waals surface area contributed by atoms with Gasteiger partial charge in [0.1, 0.15) is 12.7 Å². The zero-order chi connectivity index (χ0) is 20.7. The number of hydrogen-bond donors (Lipinski definition) is 2. The van der Waals surface area contributed by atoms with Crippen LogP contribution in [-0.2, 0) is 20.1 Å². The fraction of sp³-hybridized carbons (Fsp3) is 0.571. The van der Waals surface area contributed by atoms with Gasteiger partial charge in [-0.05, 0) is 51.6 Å². The van der Waals surface area contributed by atoms with E-state index in [9.17, 15) is 5.11 Å². The normalized spacial score (nSPS) is 12.6. The van der Waals surface area contributed by atoms with E-state index < -0.39 is 6.10 Å². The molecule has 1 heterocycles. The summed E-state index contributed by atoms with van der Waals surface area (Å²) in [5, 5.41) is 18.1. The van der Waals surface area contributed by atoms with Crippen molar-refractivity contribution in [2.75, 3.05) is 27.3 Å². The molecular weight excluding hydrogens is 356 g/mol. The molecule has 0 fully saturated rings. The molecule has 0 bridgehead atoms. The van der Waals surface area contributed by atoms with Crippen LogP contribution in [0, 0.1) is 6.92 Å². The van der Waals surface area contributed by atoms with Gasteiger partial charge in [-0.15, -0.1) is 0 Å².